The predicted molar refractivity (Wildman–Crippen MR) is 77.0 cm³/mol. The average Bonchev–Trinajstić information content (AvgIpc) is 2.42. The molecular weight excluding hydrogens is 276 g/mol. The molecule has 0 bridgehead atoms. The zero-order valence-corrected chi connectivity index (χ0v) is 12.3. The lowest BCUT2D eigenvalue weighted by molar-refractivity contribution is -0.255. The fourth-order valence-electron chi connectivity index (χ4n) is 2.98. The van der Waals surface area contributed by atoms with Gasteiger partial charge in [0.2, 0.25) is 0 Å². The van der Waals surface area contributed by atoms with Gasteiger partial charge in [-0.25, -0.2) is 0 Å². The number of nitrogens with two attached hydrogens (primary N) is 4. The van der Waals surface area contributed by atoms with Crippen LogP contribution in [0.15, 0.2) is 0 Å². The van der Waals surface area contributed by atoms with Crippen LogP contribution in [0.5, 0.6) is 0 Å². The van der Waals surface area contributed by atoms with Crippen molar-refractivity contribution in [2.45, 2.75) is 81.1 Å². The third-order valence-electron chi connectivity index (χ3n) is 4.41. The maximum absolute atomic E-state index is 10.1. The van der Waals surface area contributed by atoms with Gasteiger partial charge in [-0.15, -0.1) is 0 Å². The van der Waals surface area contributed by atoms with E-state index in [4.69, 9.17) is 32.4 Å². The Balaban J connectivity index is 2.01. The number of ether oxygens (including phenoxy) is 2. The van der Waals surface area contributed by atoms with Crippen LogP contribution in [0.4, 0.5) is 0 Å². The van der Waals surface area contributed by atoms with Crippen molar-refractivity contribution in [1.29, 1.82) is 0 Å². The summed E-state index contributed by atoms with van der Waals surface area (Å²) in [4.78, 5) is 0. The SMILES string of the molecule is CC(N)C1CCC(N)C(OC2C(N)CC(N)C(O)C2O)O1. The van der Waals surface area contributed by atoms with Crippen LogP contribution in [0, 0.1) is 0 Å². The molecule has 0 aromatic heterocycles. The number of aliphatic hydroxyl groups excluding tert-OH is 2. The molecule has 124 valence electrons. The Bertz CT molecular complexity index is 346. The van der Waals surface area contributed by atoms with Gasteiger partial charge in [0.15, 0.2) is 6.29 Å². The van der Waals surface area contributed by atoms with Crippen LogP contribution in [0.1, 0.15) is 26.2 Å². The standard InChI is InChI=1S/C13H28N4O4/c1-5(14)9-3-2-6(15)13(20-9)21-12-8(17)4-7(16)10(18)11(12)19/h5-13,18-19H,2-4,14-17H2,1H3. The first-order chi connectivity index (χ1) is 9.81. The third kappa shape index (κ3) is 3.72. The molecule has 8 nitrogen and oxygen atoms in total. The normalized spacial score (nSPS) is 49.9. The summed E-state index contributed by atoms with van der Waals surface area (Å²) in [6.07, 6.45) is -1.97. The Morgan fingerprint density at radius 3 is 2.33 bits per heavy atom. The molecule has 9 unspecified atom stereocenters. The van der Waals surface area contributed by atoms with Crippen LogP contribution >= 0.6 is 0 Å². The van der Waals surface area contributed by atoms with Gasteiger partial charge in [0, 0.05) is 18.1 Å². The van der Waals surface area contributed by atoms with Crippen molar-refractivity contribution >= 4 is 0 Å². The fraction of sp³-hybridized carbons (Fsp3) is 1.00. The lowest BCUT2D eigenvalue weighted by atomic mass is 9.84. The number of aliphatic hydroxyl groups is 2. The smallest absolute Gasteiger partial charge is 0.173 e. The van der Waals surface area contributed by atoms with E-state index in [0.29, 0.717) is 6.42 Å². The van der Waals surface area contributed by atoms with Gasteiger partial charge in [0.1, 0.15) is 12.2 Å². The molecule has 2 fully saturated rings. The molecule has 8 heteroatoms. The first-order valence-corrected chi connectivity index (χ1v) is 7.50. The van der Waals surface area contributed by atoms with E-state index in [-0.39, 0.29) is 18.2 Å². The summed E-state index contributed by atoms with van der Waals surface area (Å²) >= 11 is 0. The zero-order chi connectivity index (χ0) is 15.7. The summed E-state index contributed by atoms with van der Waals surface area (Å²) in [6, 6.07) is -1.49. The van der Waals surface area contributed by atoms with E-state index in [1.165, 1.54) is 0 Å². The summed E-state index contributed by atoms with van der Waals surface area (Å²) in [5, 5.41) is 20.0. The van der Waals surface area contributed by atoms with Crippen molar-refractivity contribution in [3.05, 3.63) is 0 Å². The van der Waals surface area contributed by atoms with Crippen molar-refractivity contribution in [1.82, 2.24) is 0 Å². The highest BCUT2D eigenvalue weighted by atomic mass is 16.7. The van der Waals surface area contributed by atoms with Gasteiger partial charge in [-0.05, 0) is 26.2 Å². The van der Waals surface area contributed by atoms with E-state index >= 15 is 0 Å². The largest absolute Gasteiger partial charge is 0.389 e. The molecule has 0 amide bonds. The second-order valence-electron chi connectivity index (χ2n) is 6.29. The number of hydrogen-bond acceptors (Lipinski definition) is 8. The zero-order valence-electron chi connectivity index (χ0n) is 12.3. The molecule has 2 aliphatic rings. The maximum Gasteiger partial charge on any atom is 0.173 e. The van der Waals surface area contributed by atoms with E-state index < -0.39 is 36.7 Å². The van der Waals surface area contributed by atoms with E-state index in [0.717, 1.165) is 12.8 Å². The van der Waals surface area contributed by atoms with Gasteiger partial charge in [0.25, 0.3) is 0 Å². The highest BCUT2D eigenvalue weighted by Gasteiger charge is 2.44. The highest BCUT2D eigenvalue weighted by Crippen LogP contribution is 2.27. The maximum atomic E-state index is 10.1. The Hall–Kier alpha value is -0.320. The van der Waals surface area contributed by atoms with Gasteiger partial charge < -0.3 is 42.6 Å². The predicted octanol–water partition coefficient (Wildman–Crippen LogP) is -2.67. The summed E-state index contributed by atoms with van der Waals surface area (Å²) < 4.78 is 11.5. The van der Waals surface area contributed by atoms with Gasteiger partial charge in [-0.1, -0.05) is 0 Å². The van der Waals surface area contributed by atoms with Crippen molar-refractivity contribution in [2.75, 3.05) is 0 Å². The summed E-state index contributed by atoms with van der Waals surface area (Å²) in [6.45, 7) is 1.86. The van der Waals surface area contributed by atoms with Gasteiger partial charge in [-0.2, -0.15) is 0 Å². The Labute approximate surface area is 124 Å². The van der Waals surface area contributed by atoms with Crippen LogP contribution in [0.2, 0.25) is 0 Å². The molecule has 1 heterocycles. The minimum atomic E-state index is -1.16. The number of hydrogen-bond donors (Lipinski definition) is 6. The monoisotopic (exact) mass is 304 g/mol. The third-order valence-corrected chi connectivity index (χ3v) is 4.41. The molecule has 1 saturated carbocycles. The quantitative estimate of drug-likeness (QED) is 0.329. The van der Waals surface area contributed by atoms with Crippen molar-refractivity contribution in [2.24, 2.45) is 22.9 Å². The van der Waals surface area contributed by atoms with E-state index in [2.05, 4.69) is 0 Å². The molecule has 1 aliphatic heterocycles. The fourth-order valence-corrected chi connectivity index (χ4v) is 2.98. The van der Waals surface area contributed by atoms with Gasteiger partial charge in [0.05, 0.1) is 18.2 Å². The molecule has 0 spiro atoms. The molecule has 2 rings (SSSR count). The Kier molecular flexibility index (Phi) is 5.55. The van der Waals surface area contributed by atoms with Crippen molar-refractivity contribution < 1.29 is 19.7 Å². The summed E-state index contributed by atoms with van der Waals surface area (Å²) in [5.74, 6) is 0. The summed E-state index contributed by atoms with van der Waals surface area (Å²) in [5.41, 5.74) is 23.6. The Morgan fingerprint density at radius 2 is 1.71 bits per heavy atom. The summed E-state index contributed by atoms with van der Waals surface area (Å²) in [7, 11) is 0. The van der Waals surface area contributed by atoms with Crippen molar-refractivity contribution in [3.8, 4) is 0 Å². The Morgan fingerprint density at radius 1 is 1.05 bits per heavy atom. The van der Waals surface area contributed by atoms with Crippen LogP contribution in [-0.2, 0) is 9.47 Å². The highest BCUT2D eigenvalue weighted by molar-refractivity contribution is 4.98. The molecule has 10 N–H and O–H groups in total. The molecule has 1 aliphatic carbocycles. The minimum absolute atomic E-state index is 0.132. The van der Waals surface area contributed by atoms with E-state index in [1.807, 2.05) is 6.92 Å². The molecule has 0 aromatic rings. The van der Waals surface area contributed by atoms with E-state index in [9.17, 15) is 10.2 Å². The van der Waals surface area contributed by atoms with Gasteiger partial charge >= 0.3 is 0 Å². The van der Waals surface area contributed by atoms with Crippen molar-refractivity contribution in [3.63, 3.8) is 0 Å². The van der Waals surface area contributed by atoms with Crippen LogP contribution in [0.3, 0.4) is 0 Å². The molecule has 0 aromatic carbocycles. The molecule has 1 saturated heterocycles. The molecule has 9 atom stereocenters. The lowest BCUT2D eigenvalue weighted by Gasteiger charge is -2.44. The lowest BCUT2D eigenvalue weighted by Crippen LogP contribution is -2.64. The molecule has 0 radical (unpaired) electrons. The number of rotatable bonds is 3. The van der Waals surface area contributed by atoms with Crippen LogP contribution in [0.25, 0.3) is 0 Å². The second kappa shape index (κ2) is 6.84. The molecular formula is C13H28N4O4. The first-order valence-electron chi connectivity index (χ1n) is 7.50. The minimum Gasteiger partial charge on any atom is -0.389 e. The molecule has 21 heavy (non-hydrogen) atoms. The first kappa shape index (κ1) is 17.0. The van der Waals surface area contributed by atoms with Gasteiger partial charge in [-0.3, -0.25) is 0 Å². The average molecular weight is 304 g/mol. The topological polar surface area (TPSA) is 163 Å². The van der Waals surface area contributed by atoms with Crippen LogP contribution in [-0.4, -0.2) is 65.1 Å². The second-order valence-corrected chi connectivity index (χ2v) is 6.29. The van der Waals surface area contributed by atoms with E-state index in [1.54, 1.807) is 0 Å². The van der Waals surface area contributed by atoms with Crippen LogP contribution < -0.4 is 22.9 Å².